The van der Waals surface area contributed by atoms with Gasteiger partial charge in [-0.3, -0.25) is 9.98 Å². The van der Waals surface area contributed by atoms with Crippen LogP contribution in [0.15, 0.2) is 52.3 Å². The molecular weight excluding hydrogens is 224 g/mol. The van der Waals surface area contributed by atoms with E-state index in [0.29, 0.717) is 23.7 Å². The van der Waals surface area contributed by atoms with Crippen molar-refractivity contribution in [3.8, 4) is 0 Å². The molecule has 0 unspecified atom stereocenters. The number of aliphatic hydroxyl groups is 1. The second-order valence-electron chi connectivity index (χ2n) is 3.43. The fraction of sp³-hybridized carbons (Fsp3) is 0.167. The van der Waals surface area contributed by atoms with Gasteiger partial charge in [0.05, 0.1) is 18.0 Å². The molecule has 0 aromatic carbocycles. The van der Waals surface area contributed by atoms with Crippen LogP contribution < -0.4 is 0 Å². The zero-order valence-electron chi connectivity index (χ0n) is 8.60. The number of pyridine rings is 1. The van der Waals surface area contributed by atoms with Gasteiger partial charge >= 0.3 is 0 Å². The Balaban J connectivity index is 2.09. The summed E-state index contributed by atoms with van der Waals surface area (Å²) >= 11 is 5.87. The predicted molar refractivity (Wildman–Crippen MR) is 64.6 cm³/mol. The van der Waals surface area contributed by atoms with Gasteiger partial charge in [-0.15, -0.1) is 0 Å². The minimum Gasteiger partial charge on any atom is -0.506 e. The molecule has 0 amide bonds. The van der Waals surface area contributed by atoms with Crippen molar-refractivity contribution in [2.24, 2.45) is 4.99 Å². The van der Waals surface area contributed by atoms with Crippen LogP contribution in [-0.4, -0.2) is 15.8 Å². The number of hydrogen-bond acceptors (Lipinski definition) is 3. The molecule has 4 heteroatoms. The number of rotatable bonds is 2. The molecule has 1 aliphatic carbocycles. The molecule has 0 saturated heterocycles. The Bertz CT molecular complexity index is 463. The Morgan fingerprint density at radius 1 is 1.38 bits per heavy atom. The van der Waals surface area contributed by atoms with Gasteiger partial charge in [-0.25, -0.2) is 0 Å². The maximum absolute atomic E-state index is 9.57. The van der Waals surface area contributed by atoms with E-state index in [-0.39, 0.29) is 5.76 Å². The van der Waals surface area contributed by atoms with E-state index in [9.17, 15) is 5.11 Å². The van der Waals surface area contributed by atoms with E-state index < -0.39 is 0 Å². The van der Waals surface area contributed by atoms with Crippen LogP contribution in [0.25, 0.3) is 0 Å². The van der Waals surface area contributed by atoms with Crippen molar-refractivity contribution < 1.29 is 5.11 Å². The van der Waals surface area contributed by atoms with Gasteiger partial charge in [0, 0.05) is 17.6 Å². The molecule has 82 valence electrons. The number of hydrogen-bond donors (Lipinski definition) is 1. The summed E-state index contributed by atoms with van der Waals surface area (Å²) in [6.07, 6.45) is 5.44. The Hall–Kier alpha value is -1.61. The SMILES string of the molecule is OC1=CC=C(Cl)CC1=NCc1ccccn1. The number of nitrogens with zero attached hydrogens (tertiary/aromatic N) is 2. The number of aromatic nitrogens is 1. The van der Waals surface area contributed by atoms with Crippen LogP contribution in [0.1, 0.15) is 12.1 Å². The Morgan fingerprint density at radius 2 is 2.25 bits per heavy atom. The van der Waals surface area contributed by atoms with Gasteiger partial charge in [0.2, 0.25) is 0 Å². The molecule has 1 aromatic rings. The van der Waals surface area contributed by atoms with Crippen LogP contribution in [0.5, 0.6) is 0 Å². The molecule has 1 aromatic heterocycles. The third kappa shape index (κ3) is 2.70. The highest BCUT2D eigenvalue weighted by Gasteiger charge is 2.11. The highest BCUT2D eigenvalue weighted by Crippen LogP contribution is 2.18. The first-order valence-corrected chi connectivity index (χ1v) is 5.32. The van der Waals surface area contributed by atoms with Gasteiger partial charge in [0.15, 0.2) is 0 Å². The molecule has 0 aliphatic heterocycles. The van der Waals surface area contributed by atoms with Crippen LogP contribution >= 0.6 is 11.6 Å². The lowest BCUT2D eigenvalue weighted by Crippen LogP contribution is -2.07. The van der Waals surface area contributed by atoms with E-state index in [4.69, 9.17) is 11.6 Å². The van der Waals surface area contributed by atoms with Gasteiger partial charge in [-0.05, 0) is 24.3 Å². The summed E-state index contributed by atoms with van der Waals surface area (Å²) in [4.78, 5) is 8.45. The van der Waals surface area contributed by atoms with E-state index in [1.54, 1.807) is 18.3 Å². The average Bonchev–Trinajstić information content (AvgIpc) is 2.32. The van der Waals surface area contributed by atoms with Crippen molar-refractivity contribution >= 4 is 17.3 Å². The first-order chi connectivity index (χ1) is 7.75. The van der Waals surface area contributed by atoms with E-state index in [0.717, 1.165) is 5.69 Å². The van der Waals surface area contributed by atoms with Crippen molar-refractivity contribution in [3.05, 3.63) is 53.0 Å². The van der Waals surface area contributed by atoms with Gasteiger partial charge < -0.3 is 5.11 Å². The number of aliphatic imine (C=N–C) groups is 1. The van der Waals surface area contributed by atoms with Gasteiger partial charge in [0.25, 0.3) is 0 Å². The maximum atomic E-state index is 9.57. The normalized spacial score (nSPS) is 18.2. The zero-order valence-corrected chi connectivity index (χ0v) is 9.35. The topological polar surface area (TPSA) is 45.5 Å². The summed E-state index contributed by atoms with van der Waals surface area (Å²) in [5.41, 5.74) is 1.48. The molecule has 0 spiro atoms. The van der Waals surface area contributed by atoms with Crippen molar-refractivity contribution in [1.29, 1.82) is 0 Å². The van der Waals surface area contributed by atoms with E-state index in [2.05, 4.69) is 9.98 Å². The van der Waals surface area contributed by atoms with Crippen LogP contribution in [0.4, 0.5) is 0 Å². The molecular formula is C12H11ClN2O. The monoisotopic (exact) mass is 234 g/mol. The lowest BCUT2D eigenvalue weighted by atomic mass is 10.1. The molecule has 0 radical (unpaired) electrons. The summed E-state index contributed by atoms with van der Waals surface area (Å²) in [7, 11) is 0. The molecule has 0 atom stereocenters. The Morgan fingerprint density at radius 3 is 3.00 bits per heavy atom. The van der Waals surface area contributed by atoms with Crippen molar-refractivity contribution in [2.75, 3.05) is 0 Å². The van der Waals surface area contributed by atoms with Crippen molar-refractivity contribution in [2.45, 2.75) is 13.0 Å². The summed E-state index contributed by atoms with van der Waals surface area (Å²) in [5.74, 6) is 0.181. The molecule has 1 N–H and O–H groups in total. The molecule has 1 aliphatic rings. The second kappa shape index (κ2) is 4.94. The lowest BCUT2D eigenvalue weighted by molar-refractivity contribution is 0.440. The largest absolute Gasteiger partial charge is 0.506 e. The fourth-order valence-electron chi connectivity index (χ4n) is 1.38. The van der Waals surface area contributed by atoms with Crippen LogP contribution in [-0.2, 0) is 6.54 Å². The Kier molecular flexibility index (Phi) is 3.37. The van der Waals surface area contributed by atoms with Crippen molar-refractivity contribution in [1.82, 2.24) is 4.98 Å². The van der Waals surface area contributed by atoms with Gasteiger partial charge in [-0.2, -0.15) is 0 Å². The second-order valence-corrected chi connectivity index (χ2v) is 3.91. The first-order valence-electron chi connectivity index (χ1n) is 4.94. The average molecular weight is 235 g/mol. The van der Waals surface area contributed by atoms with Crippen LogP contribution in [0.2, 0.25) is 0 Å². The summed E-state index contributed by atoms with van der Waals surface area (Å²) in [6.45, 7) is 0.457. The van der Waals surface area contributed by atoms with Crippen LogP contribution in [0, 0.1) is 0 Å². The molecule has 16 heavy (non-hydrogen) atoms. The Labute approximate surface area is 98.8 Å². The summed E-state index contributed by atoms with van der Waals surface area (Å²) in [6, 6.07) is 5.66. The smallest absolute Gasteiger partial charge is 0.136 e. The highest BCUT2D eigenvalue weighted by molar-refractivity contribution is 6.32. The number of allylic oxidation sites excluding steroid dienone is 4. The van der Waals surface area contributed by atoms with Gasteiger partial charge in [-0.1, -0.05) is 17.7 Å². The van der Waals surface area contributed by atoms with E-state index in [1.165, 1.54) is 0 Å². The molecule has 3 nitrogen and oxygen atoms in total. The standard InChI is InChI=1S/C12H11ClN2O/c13-9-4-5-12(16)11(7-9)15-8-10-3-1-2-6-14-10/h1-6,16H,7-8H2. The third-order valence-corrected chi connectivity index (χ3v) is 2.47. The molecule has 0 bridgehead atoms. The molecule has 1 heterocycles. The molecule has 2 rings (SSSR count). The highest BCUT2D eigenvalue weighted by atomic mass is 35.5. The van der Waals surface area contributed by atoms with E-state index in [1.807, 2.05) is 18.2 Å². The van der Waals surface area contributed by atoms with Crippen molar-refractivity contribution in [3.63, 3.8) is 0 Å². The third-order valence-electron chi connectivity index (χ3n) is 2.21. The lowest BCUT2D eigenvalue weighted by Gasteiger charge is -2.08. The summed E-state index contributed by atoms with van der Waals surface area (Å²) < 4.78 is 0. The molecule has 0 saturated carbocycles. The minimum atomic E-state index is 0.181. The maximum Gasteiger partial charge on any atom is 0.136 e. The fourth-order valence-corrected chi connectivity index (χ4v) is 1.57. The number of halogens is 1. The van der Waals surface area contributed by atoms with Gasteiger partial charge in [0.1, 0.15) is 5.76 Å². The quantitative estimate of drug-likeness (QED) is 0.855. The summed E-state index contributed by atoms with van der Waals surface area (Å²) in [5, 5.41) is 10.2. The zero-order chi connectivity index (χ0) is 11.4. The number of aliphatic hydroxyl groups excluding tert-OH is 1. The minimum absolute atomic E-state index is 0.181. The first kappa shape index (κ1) is 10.9. The van der Waals surface area contributed by atoms with E-state index >= 15 is 0 Å². The van der Waals surface area contributed by atoms with Crippen LogP contribution in [0.3, 0.4) is 0 Å². The molecule has 0 fully saturated rings. The predicted octanol–water partition coefficient (Wildman–Crippen LogP) is 2.99.